The summed E-state index contributed by atoms with van der Waals surface area (Å²) in [6.07, 6.45) is 1.45. The molecule has 2 aliphatic heterocycles. The SMILES string of the molecule is O=C(Cc1ccc(Cl)cc1)NCC(C1CCOC1)N1CCOCC1. The highest BCUT2D eigenvalue weighted by molar-refractivity contribution is 6.30. The Morgan fingerprint density at radius 1 is 1.21 bits per heavy atom. The molecule has 2 unspecified atom stereocenters. The van der Waals surface area contributed by atoms with Gasteiger partial charge in [0.15, 0.2) is 0 Å². The third-order valence-electron chi connectivity index (χ3n) is 4.81. The zero-order valence-electron chi connectivity index (χ0n) is 13.9. The maximum atomic E-state index is 12.3. The van der Waals surface area contributed by atoms with Crippen molar-refractivity contribution in [3.05, 3.63) is 34.9 Å². The first-order chi connectivity index (χ1) is 11.7. The van der Waals surface area contributed by atoms with E-state index in [1.807, 2.05) is 24.3 Å². The van der Waals surface area contributed by atoms with E-state index in [2.05, 4.69) is 10.2 Å². The Labute approximate surface area is 148 Å². The van der Waals surface area contributed by atoms with E-state index in [-0.39, 0.29) is 5.91 Å². The summed E-state index contributed by atoms with van der Waals surface area (Å²) in [5.74, 6) is 0.536. The fraction of sp³-hybridized carbons (Fsp3) is 0.611. The molecule has 24 heavy (non-hydrogen) atoms. The molecule has 1 amide bonds. The lowest BCUT2D eigenvalue weighted by Crippen LogP contribution is -2.52. The van der Waals surface area contributed by atoms with Gasteiger partial charge in [0.05, 0.1) is 26.2 Å². The zero-order valence-corrected chi connectivity index (χ0v) is 14.6. The average Bonchev–Trinajstić information content (AvgIpc) is 3.12. The number of nitrogens with zero attached hydrogens (tertiary/aromatic N) is 1. The lowest BCUT2D eigenvalue weighted by Gasteiger charge is -2.37. The number of carbonyl (C=O) groups excluding carboxylic acids is 1. The fourth-order valence-corrected chi connectivity index (χ4v) is 3.55. The summed E-state index contributed by atoms with van der Waals surface area (Å²) < 4.78 is 11.0. The van der Waals surface area contributed by atoms with Crippen molar-refractivity contribution in [3.8, 4) is 0 Å². The van der Waals surface area contributed by atoms with Crippen molar-refractivity contribution >= 4 is 17.5 Å². The van der Waals surface area contributed by atoms with Crippen molar-refractivity contribution in [1.82, 2.24) is 10.2 Å². The highest BCUT2D eigenvalue weighted by Gasteiger charge is 2.31. The normalized spacial score (nSPS) is 23.1. The minimum absolute atomic E-state index is 0.0505. The third kappa shape index (κ3) is 4.93. The number of hydrogen-bond donors (Lipinski definition) is 1. The summed E-state index contributed by atoms with van der Waals surface area (Å²) in [6.45, 7) is 5.66. The van der Waals surface area contributed by atoms with Crippen LogP contribution >= 0.6 is 11.6 Å². The quantitative estimate of drug-likeness (QED) is 0.847. The van der Waals surface area contributed by atoms with E-state index in [1.165, 1.54) is 0 Å². The molecule has 2 fully saturated rings. The standard InChI is InChI=1S/C18H25ClN2O3/c19-16-3-1-14(2-4-16)11-18(22)20-12-17(15-5-8-24-13-15)21-6-9-23-10-7-21/h1-4,15,17H,5-13H2,(H,20,22). The smallest absolute Gasteiger partial charge is 0.224 e. The van der Waals surface area contributed by atoms with E-state index < -0.39 is 0 Å². The van der Waals surface area contributed by atoms with Gasteiger partial charge in [0.1, 0.15) is 0 Å². The Morgan fingerprint density at radius 2 is 1.96 bits per heavy atom. The van der Waals surface area contributed by atoms with Crippen LogP contribution in [0.4, 0.5) is 0 Å². The lowest BCUT2D eigenvalue weighted by atomic mass is 9.96. The lowest BCUT2D eigenvalue weighted by molar-refractivity contribution is -0.120. The molecule has 1 aromatic rings. The Kier molecular flexibility index (Phi) is 6.49. The van der Waals surface area contributed by atoms with Gasteiger partial charge >= 0.3 is 0 Å². The molecular weight excluding hydrogens is 328 g/mol. The van der Waals surface area contributed by atoms with Gasteiger partial charge in [-0.1, -0.05) is 23.7 Å². The summed E-state index contributed by atoms with van der Waals surface area (Å²) >= 11 is 5.88. The molecule has 1 aromatic carbocycles. The van der Waals surface area contributed by atoms with Crippen molar-refractivity contribution in [1.29, 1.82) is 0 Å². The van der Waals surface area contributed by atoms with Crippen LogP contribution in [0.25, 0.3) is 0 Å². The maximum Gasteiger partial charge on any atom is 0.224 e. The molecule has 2 atom stereocenters. The summed E-state index contributed by atoms with van der Waals surface area (Å²) in [6, 6.07) is 7.75. The molecule has 6 heteroatoms. The minimum Gasteiger partial charge on any atom is -0.381 e. The monoisotopic (exact) mass is 352 g/mol. The van der Waals surface area contributed by atoms with E-state index in [9.17, 15) is 4.79 Å². The van der Waals surface area contributed by atoms with Gasteiger partial charge in [-0.3, -0.25) is 9.69 Å². The van der Waals surface area contributed by atoms with Crippen molar-refractivity contribution in [2.24, 2.45) is 5.92 Å². The number of halogens is 1. The first-order valence-electron chi connectivity index (χ1n) is 8.63. The number of hydrogen-bond acceptors (Lipinski definition) is 4. The van der Waals surface area contributed by atoms with Gasteiger partial charge < -0.3 is 14.8 Å². The number of ether oxygens (including phenoxy) is 2. The fourth-order valence-electron chi connectivity index (χ4n) is 3.43. The molecule has 2 aliphatic rings. The summed E-state index contributed by atoms with van der Waals surface area (Å²) in [5.41, 5.74) is 0.976. The Balaban J connectivity index is 1.53. The first-order valence-corrected chi connectivity index (χ1v) is 9.01. The van der Waals surface area contributed by atoms with Gasteiger partial charge in [0.2, 0.25) is 5.91 Å². The van der Waals surface area contributed by atoms with Crippen LogP contribution in [0, 0.1) is 5.92 Å². The summed E-state index contributed by atoms with van der Waals surface area (Å²) in [4.78, 5) is 14.7. The second-order valence-electron chi connectivity index (χ2n) is 6.45. The van der Waals surface area contributed by atoms with Crippen LogP contribution in [0.2, 0.25) is 5.02 Å². The summed E-state index contributed by atoms with van der Waals surface area (Å²) in [5, 5.41) is 3.80. The van der Waals surface area contributed by atoms with Gasteiger partial charge in [0.25, 0.3) is 0 Å². The van der Waals surface area contributed by atoms with Crippen molar-refractivity contribution in [2.45, 2.75) is 18.9 Å². The van der Waals surface area contributed by atoms with Crippen molar-refractivity contribution in [2.75, 3.05) is 46.1 Å². The van der Waals surface area contributed by atoms with E-state index in [0.717, 1.165) is 51.5 Å². The summed E-state index contributed by atoms with van der Waals surface area (Å²) in [7, 11) is 0. The molecule has 0 bridgehead atoms. The largest absolute Gasteiger partial charge is 0.381 e. The van der Waals surface area contributed by atoms with Crippen LogP contribution in [-0.2, 0) is 20.7 Å². The molecule has 2 saturated heterocycles. The van der Waals surface area contributed by atoms with E-state index in [4.69, 9.17) is 21.1 Å². The molecular formula is C18H25ClN2O3. The van der Waals surface area contributed by atoms with Crippen LogP contribution in [0.3, 0.4) is 0 Å². The average molecular weight is 353 g/mol. The van der Waals surface area contributed by atoms with Crippen LogP contribution < -0.4 is 5.32 Å². The third-order valence-corrected chi connectivity index (χ3v) is 5.06. The second kappa shape index (κ2) is 8.81. The van der Waals surface area contributed by atoms with Gasteiger partial charge in [-0.05, 0) is 24.1 Å². The predicted molar refractivity (Wildman–Crippen MR) is 93.3 cm³/mol. The number of carbonyl (C=O) groups is 1. The van der Waals surface area contributed by atoms with Gasteiger partial charge in [-0.15, -0.1) is 0 Å². The number of benzene rings is 1. The molecule has 3 rings (SSSR count). The molecule has 0 aromatic heterocycles. The Morgan fingerprint density at radius 3 is 2.62 bits per heavy atom. The van der Waals surface area contributed by atoms with E-state index >= 15 is 0 Å². The maximum absolute atomic E-state index is 12.3. The number of nitrogens with one attached hydrogen (secondary N) is 1. The highest BCUT2D eigenvalue weighted by Crippen LogP contribution is 2.22. The van der Waals surface area contributed by atoms with Crippen molar-refractivity contribution < 1.29 is 14.3 Å². The first kappa shape index (κ1) is 17.7. The number of morpholine rings is 1. The van der Waals surface area contributed by atoms with Gasteiger partial charge in [-0.2, -0.15) is 0 Å². The van der Waals surface area contributed by atoms with Crippen molar-refractivity contribution in [3.63, 3.8) is 0 Å². The Hall–Kier alpha value is -1.14. The van der Waals surface area contributed by atoms with E-state index in [0.29, 0.717) is 29.9 Å². The molecule has 2 heterocycles. The van der Waals surface area contributed by atoms with Crippen LogP contribution in [0.1, 0.15) is 12.0 Å². The number of amides is 1. The van der Waals surface area contributed by atoms with Gasteiger partial charge in [0, 0.05) is 43.2 Å². The number of rotatable bonds is 6. The second-order valence-corrected chi connectivity index (χ2v) is 6.88. The molecule has 0 saturated carbocycles. The molecule has 0 spiro atoms. The Bertz CT molecular complexity index is 526. The minimum atomic E-state index is 0.0505. The molecule has 0 radical (unpaired) electrons. The molecule has 0 aliphatic carbocycles. The van der Waals surface area contributed by atoms with Gasteiger partial charge in [-0.25, -0.2) is 0 Å². The topological polar surface area (TPSA) is 50.8 Å². The van der Waals surface area contributed by atoms with Crippen LogP contribution in [0.5, 0.6) is 0 Å². The van der Waals surface area contributed by atoms with Crippen LogP contribution in [0.15, 0.2) is 24.3 Å². The van der Waals surface area contributed by atoms with E-state index in [1.54, 1.807) is 0 Å². The molecule has 1 N–H and O–H groups in total. The molecule has 5 nitrogen and oxygen atoms in total. The highest BCUT2D eigenvalue weighted by atomic mass is 35.5. The predicted octanol–water partition coefficient (Wildman–Crippen LogP) is 1.74. The zero-order chi connectivity index (χ0) is 16.8. The molecule has 132 valence electrons. The van der Waals surface area contributed by atoms with Crippen LogP contribution in [-0.4, -0.2) is 62.9 Å².